The standard InChI is InChI=1S/C42H76NO8P/c1-6-8-10-12-14-16-18-20-21-23-24-26-28-30-32-34-41(44)48-38-40(39-50-52(46,47)49-37-36-43(3,4)5)51-42(45)35-33-31-29-27-25-22-19-17-15-13-11-9-7-2/h9,11,15,17,22,25,29,31,40H,6-8,10,12-14,16,18-21,23-24,26-28,30,32-39H2,1-5H3/p+1/b11-9-,17-15-,25-22-,31-29-. The van der Waals surface area contributed by atoms with Crippen molar-refractivity contribution in [2.24, 2.45) is 0 Å². The first-order chi connectivity index (χ1) is 25.0. The SMILES string of the molecule is CC/C=C\C/C=C\C/C=C\C/C=C\CCC(=O)OC(COC(=O)CCCCCCCCCCCCCCCCC)COP(=O)(O)OCC[N+](C)(C)C. The number of phosphoric acid groups is 1. The molecule has 0 radical (unpaired) electrons. The summed E-state index contributed by atoms with van der Waals surface area (Å²) in [4.78, 5) is 35.2. The highest BCUT2D eigenvalue weighted by Gasteiger charge is 2.27. The van der Waals surface area contributed by atoms with Gasteiger partial charge in [0.15, 0.2) is 6.10 Å². The van der Waals surface area contributed by atoms with E-state index in [0.717, 1.165) is 44.9 Å². The second-order valence-corrected chi connectivity index (χ2v) is 16.1. The molecule has 0 rings (SSSR count). The van der Waals surface area contributed by atoms with Crippen LogP contribution in [0.15, 0.2) is 48.6 Å². The number of ether oxygens (including phenoxy) is 2. The number of hydrogen-bond acceptors (Lipinski definition) is 7. The van der Waals surface area contributed by atoms with Gasteiger partial charge in [-0.3, -0.25) is 18.6 Å². The molecule has 0 aliphatic heterocycles. The molecule has 0 aromatic heterocycles. The van der Waals surface area contributed by atoms with Crippen LogP contribution in [0.3, 0.4) is 0 Å². The van der Waals surface area contributed by atoms with Gasteiger partial charge in [0.1, 0.15) is 19.8 Å². The third kappa shape index (κ3) is 37.7. The van der Waals surface area contributed by atoms with Crippen LogP contribution in [0, 0.1) is 0 Å². The Morgan fingerprint density at radius 2 is 1.10 bits per heavy atom. The van der Waals surface area contributed by atoms with E-state index in [4.69, 9.17) is 18.5 Å². The molecule has 0 saturated heterocycles. The molecule has 0 amide bonds. The number of nitrogens with zero attached hydrogens (tertiary/aromatic N) is 1. The lowest BCUT2D eigenvalue weighted by molar-refractivity contribution is -0.870. The summed E-state index contributed by atoms with van der Waals surface area (Å²) < 4.78 is 34.1. The van der Waals surface area contributed by atoms with E-state index in [-0.39, 0.29) is 32.0 Å². The normalized spacial score (nSPS) is 14.2. The lowest BCUT2D eigenvalue weighted by atomic mass is 10.0. The Bertz CT molecular complexity index is 1030. The number of likely N-dealkylation sites (N-methyl/N-ethyl adjacent to an activating group) is 1. The zero-order valence-corrected chi connectivity index (χ0v) is 34.7. The Morgan fingerprint density at radius 3 is 1.60 bits per heavy atom. The topological polar surface area (TPSA) is 108 Å². The summed E-state index contributed by atoms with van der Waals surface area (Å²) in [7, 11) is 1.43. The Kier molecular flexibility index (Phi) is 33.4. The average Bonchev–Trinajstić information content (AvgIpc) is 3.09. The number of rotatable bonds is 36. The van der Waals surface area contributed by atoms with Crippen LogP contribution in [0.25, 0.3) is 0 Å². The molecule has 0 fully saturated rings. The molecule has 0 aliphatic carbocycles. The summed E-state index contributed by atoms with van der Waals surface area (Å²) in [5.74, 6) is -0.893. The van der Waals surface area contributed by atoms with Gasteiger partial charge in [-0.1, -0.05) is 152 Å². The van der Waals surface area contributed by atoms with Gasteiger partial charge in [-0.2, -0.15) is 0 Å². The predicted molar refractivity (Wildman–Crippen MR) is 215 cm³/mol. The molecular weight excluding hydrogens is 677 g/mol. The zero-order valence-electron chi connectivity index (χ0n) is 33.8. The van der Waals surface area contributed by atoms with Gasteiger partial charge < -0.3 is 18.9 Å². The van der Waals surface area contributed by atoms with Crippen LogP contribution in [-0.4, -0.2) is 74.9 Å². The minimum Gasteiger partial charge on any atom is -0.462 e. The fourth-order valence-electron chi connectivity index (χ4n) is 5.20. The van der Waals surface area contributed by atoms with Gasteiger partial charge >= 0.3 is 19.8 Å². The molecule has 0 bridgehead atoms. The molecule has 2 unspecified atom stereocenters. The maximum absolute atomic E-state index is 12.6. The molecule has 302 valence electrons. The van der Waals surface area contributed by atoms with Crippen molar-refractivity contribution in [1.82, 2.24) is 0 Å². The molecule has 1 N–H and O–H groups in total. The van der Waals surface area contributed by atoms with Crippen LogP contribution in [0.1, 0.15) is 155 Å². The number of allylic oxidation sites excluding steroid dienone is 8. The number of phosphoric ester groups is 1. The van der Waals surface area contributed by atoms with Crippen LogP contribution in [0.2, 0.25) is 0 Å². The second kappa shape index (κ2) is 34.7. The number of carbonyl (C=O) groups is 2. The molecule has 10 heteroatoms. The lowest BCUT2D eigenvalue weighted by Crippen LogP contribution is -2.37. The van der Waals surface area contributed by atoms with Crippen molar-refractivity contribution in [2.45, 2.75) is 161 Å². The highest BCUT2D eigenvalue weighted by molar-refractivity contribution is 7.47. The first-order valence-corrected chi connectivity index (χ1v) is 21.9. The number of quaternary nitrogens is 1. The van der Waals surface area contributed by atoms with E-state index in [1.54, 1.807) is 0 Å². The summed E-state index contributed by atoms with van der Waals surface area (Å²) >= 11 is 0. The highest BCUT2D eigenvalue weighted by Crippen LogP contribution is 2.43. The first-order valence-electron chi connectivity index (χ1n) is 20.4. The number of unbranched alkanes of at least 4 members (excludes halogenated alkanes) is 14. The third-order valence-corrected chi connectivity index (χ3v) is 9.37. The Morgan fingerprint density at radius 1 is 0.615 bits per heavy atom. The van der Waals surface area contributed by atoms with E-state index in [1.807, 2.05) is 33.3 Å². The third-order valence-electron chi connectivity index (χ3n) is 8.39. The maximum Gasteiger partial charge on any atom is 0.472 e. The van der Waals surface area contributed by atoms with Crippen molar-refractivity contribution in [3.05, 3.63) is 48.6 Å². The van der Waals surface area contributed by atoms with Crippen molar-refractivity contribution < 1.29 is 42.1 Å². The zero-order chi connectivity index (χ0) is 38.6. The molecule has 0 aliphatic rings. The Labute approximate surface area is 318 Å². The minimum absolute atomic E-state index is 0.0187. The van der Waals surface area contributed by atoms with E-state index < -0.39 is 26.5 Å². The van der Waals surface area contributed by atoms with E-state index in [9.17, 15) is 19.0 Å². The summed E-state index contributed by atoms with van der Waals surface area (Å²) in [6.45, 7) is 4.21. The van der Waals surface area contributed by atoms with Gasteiger partial charge in [0.05, 0.1) is 27.7 Å². The number of esters is 2. The van der Waals surface area contributed by atoms with E-state index >= 15 is 0 Å². The molecule has 9 nitrogen and oxygen atoms in total. The maximum atomic E-state index is 12.6. The quantitative estimate of drug-likeness (QED) is 0.0221. The fraction of sp³-hybridized carbons (Fsp3) is 0.762. The van der Waals surface area contributed by atoms with Crippen LogP contribution in [0.5, 0.6) is 0 Å². The van der Waals surface area contributed by atoms with Crippen molar-refractivity contribution in [3.63, 3.8) is 0 Å². The van der Waals surface area contributed by atoms with Crippen LogP contribution in [0.4, 0.5) is 0 Å². The largest absolute Gasteiger partial charge is 0.472 e. The smallest absolute Gasteiger partial charge is 0.462 e. The van der Waals surface area contributed by atoms with Crippen molar-refractivity contribution in [3.8, 4) is 0 Å². The predicted octanol–water partition coefficient (Wildman–Crippen LogP) is 11.1. The van der Waals surface area contributed by atoms with Gasteiger partial charge in [0.25, 0.3) is 0 Å². The molecule has 52 heavy (non-hydrogen) atoms. The van der Waals surface area contributed by atoms with Crippen LogP contribution in [-0.2, 0) is 32.7 Å². The van der Waals surface area contributed by atoms with E-state index in [2.05, 4.69) is 50.3 Å². The molecule has 0 saturated carbocycles. The van der Waals surface area contributed by atoms with E-state index in [0.29, 0.717) is 17.4 Å². The van der Waals surface area contributed by atoms with Crippen molar-refractivity contribution in [2.75, 3.05) is 47.5 Å². The molecule has 0 spiro atoms. The summed E-state index contributed by atoms with van der Waals surface area (Å²) in [6.07, 6.45) is 38.9. The fourth-order valence-corrected chi connectivity index (χ4v) is 5.94. The van der Waals surface area contributed by atoms with Gasteiger partial charge in [0, 0.05) is 12.8 Å². The van der Waals surface area contributed by atoms with E-state index in [1.165, 1.54) is 77.0 Å². The van der Waals surface area contributed by atoms with Gasteiger partial charge in [-0.05, 0) is 38.5 Å². The molecular formula is C42H77NO8P+. The van der Waals surface area contributed by atoms with Crippen molar-refractivity contribution in [1.29, 1.82) is 0 Å². The summed E-state index contributed by atoms with van der Waals surface area (Å²) in [5, 5.41) is 0. The van der Waals surface area contributed by atoms with Crippen LogP contribution >= 0.6 is 7.82 Å². The summed E-state index contributed by atoms with van der Waals surface area (Å²) in [6, 6.07) is 0. The van der Waals surface area contributed by atoms with Gasteiger partial charge in [-0.25, -0.2) is 4.57 Å². The Hall–Kier alpha value is -2.03. The minimum atomic E-state index is -4.39. The molecule has 0 aromatic rings. The average molecular weight is 755 g/mol. The summed E-state index contributed by atoms with van der Waals surface area (Å²) in [5.41, 5.74) is 0. The molecule has 0 heterocycles. The monoisotopic (exact) mass is 755 g/mol. The first kappa shape index (κ1) is 50.0. The number of carbonyl (C=O) groups excluding carboxylic acids is 2. The van der Waals surface area contributed by atoms with Crippen LogP contribution < -0.4 is 0 Å². The second-order valence-electron chi connectivity index (χ2n) is 14.6. The lowest BCUT2D eigenvalue weighted by Gasteiger charge is -2.24. The van der Waals surface area contributed by atoms with Gasteiger partial charge in [-0.15, -0.1) is 0 Å². The van der Waals surface area contributed by atoms with Gasteiger partial charge in [0.2, 0.25) is 0 Å². The molecule has 2 atom stereocenters. The Balaban J connectivity index is 4.48. The number of hydrogen-bond donors (Lipinski definition) is 1. The van der Waals surface area contributed by atoms with Crippen molar-refractivity contribution >= 4 is 19.8 Å². The molecule has 0 aromatic carbocycles. The highest BCUT2D eigenvalue weighted by atomic mass is 31.2.